The summed E-state index contributed by atoms with van der Waals surface area (Å²) in [5.74, 6) is 0. The first-order valence-electron chi connectivity index (χ1n) is 12.3. The second-order valence-corrected chi connectivity index (χ2v) is 11.1. The lowest BCUT2D eigenvalue weighted by Crippen LogP contribution is -2.46. The Morgan fingerprint density at radius 2 is 1.41 bits per heavy atom. The third-order valence-corrected chi connectivity index (χ3v) is 8.95. The largest absolute Gasteiger partial charge is 0.353 e. The Bertz CT molecular complexity index is 1460. The molecule has 0 amide bonds. The number of aryl methyl sites for hydroxylation is 1. The zero-order valence-corrected chi connectivity index (χ0v) is 21.3. The molecule has 1 aliphatic carbocycles. The number of benzene rings is 3. The van der Waals surface area contributed by atoms with Crippen molar-refractivity contribution in [3.8, 4) is 11.1 Å². The molecule has 172 valence electrons. The van der Waals surface area contributed by atoms with E-state index in [9.17, 15) is 0 Å². The summed E-state index contributed by atoms with van der Waals surface area (Å²) in [6.45, 7) is 14.2. The summed E-state index contributed by atoms with van der Waals surface area (Å²) in [4.78, 5) is 9.83. The van der Waals surface area contributed by atoms with Crippen LogP contribution < -0.4 is 9.80 Å². The Kier molecular flexibility index (Phi) is 4.27. The van der Waals surface area contributed by atoms with Crippen LogP contribution in [-0.4, -0.2) is 18.2 Å². The van der Waals surface area contributed by atoms with E-state index in [4.69, 9.17) is 4.98 Å². The maximum absolute atomic E-state index is 4.88. The number of hydrogen-bond donors (Lipinski definition) is 0. The molecule has 2 heterocycles. The molecule has 0 bridgehead atoms. The van der Waals surface area contributed by atoms with Crippen molar-refractivity contribution >= 4 is 28.0 Å². The van der Waals surface area contributed by atoms with E-state index in [1.165, 1.54) is 50.3 Å². The topological polar surface area (TPSA) is 19.4 Å². The minimum absolute atomic E-state index is 0.111. The van der Waals surface area contributed by atoms with Crippen molar-refractivity contribution in [1.29, 1.82) is 0 Å². The van der Waals surface area contributed by atoms with Crippen LogP contribution >= 0.6 is 0 Å². The van der Waals surface area contributed by atoms with E-state index in [2.05, 4.69) is 113 Å². The van der Waals surface area contributed by atoms with Crippen LogP contribution in [0.3, 0.4) is 0 Å². The molecule has 3 heteroatoms. The van der Waals surface area contributed by atoms with Crippen LogP contribution in [0.2, 0.25) is 0 Å². The number of anilines is 3. The van der Waals surface area contributed by atoms with E-state index in [1.807, 2.05) is 12.3 Å². The van der Waals surface area contributed by atoms with Gasteiger partial charge in [-0.1, -0.05) is 70.2 Å². The van der Waals surface area contributed by atoms with Gasteiger partial charge in [-0.15, -0.1) is 0 Å². The Labute approximate surface area is 203 Å². The van der Waals surface area contributed by atoms with Crippen molar-refractivity contribution in [3.63, 3.8) is 0 Å². The second kappa shape index (κ2) is 6.85. The lowest BCUT2D eigenvalue weighted by molar-refractivity contribution is 0.301. The minimum Gasteiger partial charge on any atom is -0.353 e. The highest BCUT2D eigenvalue weighted by Gasteiger charge is 2.50. The number of para-hydroxylation sites is 2. The first-order chi connectivity index (χ1) is 16.2. The number of fused-ring (bicyclic) bond motifs is 6. The van der Waals surface area contributed by atoms with E-state index in [0.29, 0.717) is 0 Å². The number of rotatable bonds is 1. The average Bonchev–Trinajstić information content (AvgIpc) is 3.07. The number of pyridine rings is 1. The van der Waals surface area contributed by atoms with Gasteiger partial charge in [-0.3, -0.25) is 4.98 Å². The van der Waals surface area contributed by atoms with Crippen LogP contribution in [-0.2, 0) is 10.8 Å². The van der Waals surface area contributed by atoms with E-state index in [1.54, 1.807) is 0 Å². The van der Waals surface area contributed by atoms with Gasteiger partial charge < -0.3 is 9.80 Å². The Morgan fingerprint density at radius 3 is 2.18 bits per heavy atom. The predicted molar refractivity (Wildman–Crippen MR) is 144 cm³/mol. The van der Waals surface area contributed by atoms with Gasteiger partial charge in [0.2, 0.25) is 0 Å². The van der Waals surface area contributed by atoms with Gasteiger partial charge >= 0.3 is 0 Å². The first-order valence-corrected chi connectivity index (χ1v) is 12.3. The van der Waals surface area contributed by atoms with E-state index >= 15 is 0 Å². The molecule has 1 aromatic heterocycles. The van der Waals surface area contributed by atoms with E-state index < -0.39 is 0 Å². The lowest BCUT2D eigenvalue weighted by Gasteiger charge is -2.50. The fourth-order valence-corrected chi connectivity index (χ4v) is 6.34. The van der Waals surface area contributed by atoms with Crippen molar-refractivity contribution in [2.75, 3.05) is 16.8 Å². The highest BCUT2D eigenvalue weighted by molar-refractivity contribution is 5.96. The molecule has 1 atom stereocenters. The van der Waals surface area contributed by atoms with Crippen LogP contribution in [0.4, 0.5) is 17.1 Å². The summed E-state index contributed by atoms with van der Waals surface area (Å²) in [6, 6.07) is 22.2. The molecule has 0 unspecified atom stereocenters. The third-order valence-electron chi connectivity index (χ3n) is 8.95. The van der Waals surface area contributed by atoms with Crippen LogP contribution in [0.25, 0.3) is 22.0 Å². The molecule has 1 aliphatic heterocycles. The van der Waals surface area contributed by atoms with Crippen LogP contribution in [0.5, 0.6) is 0 Å². The molecule has 0 saturated carbocycles. The van der Waals surface area contributed by atoms with Crippen molar-refractivity contribution in [2.45, 2.75) is 58.5 Å². The summed E-state index contributed by atoms with van der Waals surface area (Å²) in [6.07, 6.45) is 2.17. The standard InChI is InChI=1S/C31H33N3/c1-19-14-16-23-22-17-15-21-11-10-18-32-28(21)26(22)30(3,4)31(5,6)27(23)29(19)34-20(2)33(7)24-12-8-9-13-25(24)34/h8-18,20H,1-7H3/t20-/m0/s1. The molecule has 4 aromatic rings. The molecular formula is C31H33N3. The van der Waals surface area contributed by atoms with Crippen molar-refractivity contribution < 1.29 is 0 Å². The zero-order valence-electron chi connectivity index (χ0n) is 21.3. The summed E-state index contributed by atoms with van der Waals surface area (Å²) >= 11 is 0. The summed E-state index contributed by atoms with van der Waals surface area (Å²) in [5, 5.41) is 1.21. The summed E-state index contributed by atoms with van der Waals surface area (Å²) < 4.78 is 0. The highest BCUT2D eigenvalue weighted by atomic mass is 15.4. The molecule has 0 N–H and O–H groups in total. The molecule has 3 aromatic carbocycles. The summed E-state index contributed by atoms with van der Waals surface area (Å²) in [7, 11) is 2.20. The predicted octanol–water partition coefficient (Wildman–Crippen LogP) is 7.71. The SMILES string of the molecule is Cc1ccc2c(c1N1c3ccccc3N(C)[C@@H]1C)C(C)(C)C(C)(C)c1c-2ccc2cccnc12. The Hall–Kier alpha value is -3.33. The Morgan fingerprint density at radius 1 is 0.765 bits per heavy atom. The second-order valence-electron chi connectivity index (χ2n) is 11.1. The van der Waals surface area contributed by atoms with Crippen molar-refractivity contribution in [2.24, 2.45) is 0 Å². The molecule has 34 heavy (non-hydrogen) atoms. The molecule has 0 radical (unpaired) electrons. The normalized spacial score (nSPS) is 19.7. The first kappa shape index (κ1) is 21.2. The van der Waals surface area contributed by atoms with Gasteiger partial charge in [0.25, 0.3) is 0 Å². The van der Waals surface area contributed by atoms with Crippen LogP contribution in [0, 0.1) is 6.92 Å². The average molecular weight is 448 g/mol. The van der Waals surface area contributed by atoms with Crippen LogP contribution in [0.1, 0.15) is 51.3 Å². The summed E-state index contributed by atoms with van der Waals surface area (Å²) in [5.41, 5.74) is 11.6. The third kappa shape index (κ3) is 2.50. The van der Waals surface area contributed by atoms with Crippen molar-refractivity contribution in [3.05, 3.63) is 83.6 Å². The molecule has 0 fully saturated rings. The van der Waals surface area contributed by atoms with Crippen LogP contribution in [0.15, 0.2) is 66.9 Å². The molecule has 0 spiro atoms. The molecule has 6 rings (SSSR count). The maximum Gasteiger partial charge on any atom is 0.103 e. The van der Waals surface area contributed by atoms with Gasteiger partial charge in [-0.05, 0) is 59.9 Å². The maximum atomic E-state index is 4.88. The minimum atomic E-state index is -0.113. The molecular weight excluding hydrogens is 414 g/mol. The smallest absolute Gasteiger partial charge is 0.103 e. The highest BCUT2D eigenvalue weighted by Crippen LogP contribution is 2.59. The van der Waals surface area contributed by atoms with Gasteiger partial charge in [0.1, 0.15) is 6.17 Å². The van der Waals surface area contributed by atoms with Crippen molar-refractivity contribution in [1.82, 2.24) is 4.98 Å². The molecule has 3 nitrogen and oxygen atoms in total. The van der Waals surface area contributed by atoms with E-state index in [0.717, 1.165) is 5.52 Å². The van der Waals surface area contributed by atoms with Gasteiger partial charge in [-0.25, -0.2) is 0 Å². The Balaban J connectivity index is 1.72. The fraction of sp³-hybridized carbons (Fsp3) is 0.323. The van der Waals surface area contributed by atoms with Gasteiger partial charge in [0, 0.05) is 29.5 Å². The van der Waals surface area contributed by atoms with E-state index in [-0.39, 0.29) is 17.0 Å². The number of nitrogens with zero attached hydrogens (tertiary/aromatic N) is 3. The zero-order chi connectivity index (χ0) is 24.0. The quantitative estimate of drug-likeness (QED) is 0.298. The number of hydrogen-bond acceptors (Lipinski definition) is 3. The number of aromatic nitrogens is 1. The van der Waals surface area contributed by atoms with Gasteiger partial charge in [-0.2, -0.15) is 0 Å². The van der Waals surface area contributed by atoms with Gasteiger partial charge in [0.05, 0.1) is 22.6 Å². The monoisotopic (exact) mass is 447 g/mol. The van der Waals surface area contributed by atoms with Gasteiger partial charge in [0.15, 0.2) is 0 Å². The fourth-order valence-electron chi connectivity index (χ4n) is 6.34. The molecule has 2 aliphatic rings. The lowest BCUT2D eigenvalue weighted by atomic mass is 9.54. The molecule has 0 saturated heterocycles.